The molecule has 0 atom stereocenters. The first-order valence-electron chi connectivity index (χ1n) is 18.9. The molecular formula is C43H42Cl4N4O5S2. The molecule has 304 valence electrons. The number of pyridine rings is 2. The molecule has 2 saturated heterocycles. The molecule has 0 bridgehead atoms. The molecule has 2 aromatic heterocycles. The van der Waals surface area contributed by atoms with Crippen LogP contribution in [0.2, 0.25) is 20.1 Å². The summed E-state index contributed by atoms with van der Waals surface area (Å²) in [7, 11) is -6.15. The fraction of sp³-hybridized carbons (Fsp3) is 0.302. The molecule has 0 amide bonds. The Balaban J connectivity index is 0.000000177. The number of nitrogens with zero attached hydrogens (tertiary/aromatic N) is 4. The molecular weight excluding hydrogens is 858 g/mol. The molecule has 2 aliphatic rings. The molecule has 0 radical (unpaired) electrons. The van der Waals surface area contributed by atoms with E-state index in [0.717, 1.165) is 62.6 Å². The van der Waals surface area contributed by atoms with E-state index < -0.39 is 19.7 Å². The third-order valence-electron chi connectivity index (χ3n) is 10.9. The zero-order chi connectivity index (χ0) is 41.4. The monoisotopic (exact) mass is 898 g/mol. The first-order chi connectivity index (χ1) is 27.7. The van der Waals surface area contributed by atoms with Crippen LogP contribution in [0, 0.1) is 11.8 Å². The van der Waals surface area contributed by atoms with Crippen molar-refractivity contribution in [2.24, 2.45) is 11.8 Å². The minimum absolute atomic E-state index is 0.107. The zero-order valence-corrected chi connectivity index (χ0v) is 36.8. The smallest absolute Gasteiger partial charge is 0.210 e. The maximum Gasteiger partial charge on any atom is 0.210 e. The minimum atomic E-state index is -3.86. The Kier molecular flexibility index (Phi) is 12.7. The van der Waals surface area contributed by atoms with Crippen molar-refractivity contribution in [3.05, 3.63) is 111 Å². The molecule has 15 heteroatoms. The van der Waals surface area contributed by atoms with Crippen molar-refractivity contribution in [1.29, 1.82) is 0 Å². The number of anilines is 2. The van der Waals surface area contributed by atoms with Crippen molar-refractivity contribution >= 4 is 99.3 Å². The van der Waals surface area contributed by atoms with Crippen LogP contribution in [0.4, 0.5) is 11.4 Å². The quantitative estimate of drug-likeness (QED) is 0.155. The number of benzene rings is 4. The van der Waals surface area contributed by atoms with Gasteiger partial charge in [-0.1, -0.05) is 66.3 Å². The van der Waals surface area contributed by atoms with E-state index in [1.165, 1.54) is 37.7 Å². The summed E-state index contributed by atoms with van der Waals surface area (Å²) in [6.07, 6.45) is 6.93. The second-order valence-electron chi connectivity index (χ2n) is 14.9. The van der Waals surface area contributed by atoms with Crippen LogP contribution in [-0.4, -0.2) is 60.1 Å². The van der Waals surface area contributed by atoms with Crippen LogP contribution in [0.3, 0.4) is 0 Å². The number of ether oxygens (including phenoxy) is 1. The predicted octanol–water partition coefficient (Wildman–Crippen LogP) is 11.2. The van der Waals surface area contributed by atoms with Gasteiger partial charge < -0.3 is 14.5 Å². The van der Waals surface area contributed by atoms with E-state index in [4.69, 9.17) is 51.1 Å². The van der Waals surface area contributed by atoms with E-state index in [9.17, 15) is 16.8 Å². The highest BCUT2D eigenvalue weighted by atomic mass is 35.5. The zero-order valence-electron chi connectivity index (χ0n) is 32.1. The summed E-state index contributed by atoms with van der Waals surface area (Å²) >= 11 is 24.5. The van der Waals surface area contributed by atoms with E-state index in [2.05, 4.69) is 33.6 Å². The van der Waals surface area contributed by atoms with Gasteiger partial charge in [-0.3, -0.25) is 9.97 Å². The van der Waals surface area contributed by atoms with Gasteiger partial charge in [-0.2, -0.15) is 0 Å². The van der Waals surface area contributed by atoms with Crippen LogP contribution < -0.4 is 14.5 Å². The molecule has 0 unspecified atom stereocenters. The summed E-state index contributed by atoms with van der Waals surface area (Å²) in [5.74, 6) is 1.67. The van der Waals surface area contributed by atoms with Gasteiger partial charge in [0.1, 0.15) is 15.5 Å². The standard InChI is InChI=1S/C22H22Cl2N2O3S.C21H20Cl2N2O2S/c1-14-7-9-26(10-8-14)22-17-5-3-15(23)11-19(17)25-13-21(22)30(27,28)16-4-6-20(29-2)18(24)12-16;1-14-7-9-25(10-8-14)21-18-6-5-16(23)12-19(18)24-13-20(21)28(26,27)17-4-2-3-15(22)11-17/h3-6,11-14H,7-10H2,1-2H3;2-6,11-14H,7-10H2,1H3. The number of fused-ring (bicyclic) bond motifs is 2. The lowest BCUT2D eigenvalue weighted by Gasteiger charge is -2.34. The second-order valence-corrected chi connectivity index (χ2v) is 20.4. The van der Waals surface area contributed by atoms with Gasteiger partial charge in [0, 0.05) is 64.4 Å². The average molecular weight is 901 g/mol. The van der Waals surface area contributed by atoms with Crippen LogP contribution in [0.15, 0.2) is 111 Å². The third-order valence-corrected chi connectivity index (χ3v) is 15.4. The normalized spacial score (nSPS) is 15.7. The minimum Gasteiger partial charge on any atom is -0.495 e. The summed E-state index contributed by atoms with van der Waals surface area (Å²) in [5.41, 5.74) is 2.73. The highest BCUT2D eigenvalue weighted by Crippen LogP contribution is 2.41. The van der Waals surface area contributed by atoms with Gasteiger partial charge in [0.25, 0.3) is 0 Å². The van der Waals surface area contributed by atoms with Crippen LogP contribution in [-0.2, 0) is 19.7 Å². The van der Waals surface area contributed by atoms with Crippen LogP contribution >= 0.6 is 46.4 Å². The largest absolute Gasteiger partial charge is 0.495 e. The number of aromatic nitrogens is 2. The maximum atomic E-state index is 13.6. The molecule has 0 spiro atoms. The molecule has 0 saturated carbocycles. The van der Waals surface area contributed by atoms with Gasteiger partial charge >= 0.3 is 0 Å². The SMILES string of the molecule is CC1CCN(c2c(S(=O)(=O)c3cccc(Cl)c3)cnc3cc(Cl)ccc23)CC1.COc1ccc(S(=O)(=O)c2cnc3cc(Cl)ccc3c2N2CCC(C)CC2)cc1Cl. The van der Waals surface area contributed by atoms with E-state index in [1.807, 2.05) is 12.1 Å². The Bertz CT molecular complexity index is 2720. The lowest BCUT2D eigenvalue weighted by Crippen LogP contribution is -2.34. The van der Waals surface area contributed by atoms with Gasteiger partial charge in [0.15, 0.2) is 0 Å². The van der Waals surface area contributed by atoms with E-state index in [1.54, 1.807) is 48.5 Å². The van der Waals surface area contributed by atoms with Crippen molar-refractivity contribution in [2.45, 2.75) is 59.1 Å². The Labute approximate surface area is 359 Å². The lowest BCUT2D eigenvalue weighted by molar-refractivity contribution is 0.414. The van der Waals surface area contributed by atoms with Gasteiger partial charge in [-0.25, -0.2) is 16.8 Å². The molecule has 8 rings (SSSR count). The van der Waals surface area contributed by atoms with Crippen LogP contribution in [0.1, 0.15) is 39.5 Å². The van der Waals surface area contributed by atoms with Gasteiger partial charge in [-0.15, -0.1) is 0 Å². The molecule has 0 N–H and O–H groups in total. The number of hydrogen-bond donors (Lipinski definition) is 0. The molecule has 9 nitrogen and oxygen atoms in total. The fourth-order valence-electron chi connectivity index (χ4n) is 7.48. The highest BCUT2D eigenvalue weighted by molar-refractivity contribution is 7.92. The van der Waals surface area contributed by atoms with Gasteiger partial charge in [0.2, 0.25) is 19.7 Å². The van der Waals surface area contributed by atoms with Crippen LogP contribution in [0.5, 0.6) is 5.75 Å². The summed E-state index contributed by atoms with van der Waals surface area (Å²) in [4.78, 5) is 13.8. The topological polar surface area (TPSA) is 110 Å². The predicted molar refractivity (Wildman–Crippen MR) is 235 cm³/mol. The molecule has 2 aliphatic heterocycles. The van der Waals surface area contributed by atoms with Gasteiger partial charge in [-0.05, 0) is 110 Å². The van der Waals surface area contributed by atoms with Crippen molar-refractivity contribution in [3.63, 3.8) is 0 Å². The van der Waals surface area contributed by atoms with E-state index in [-0.39, 0.29) is 24.6 Å². The maximum absolute atomic E-state index is 13.6. The fourth-order valence-corrected chi connectivity index (χ4v) is 11.3. The summed E-state index contributed by atoms with van der Waals surface area (Å²) in [6.45, 7) is 7.63. The van der Waals surface area contributed by atoms with E-state index in [0.29, 0.717) is 55.1 Å². The molecule has 4 aromatic carbocycles. The summed E-state index contributed by atoms with van der Waals surface area (Å²) in [5, 5.41) is 3.33. The first kappa shape index (κ1) is 42.3. The third kappa shape index (κ3) is 8.72. The number of methoxy groups -OCH3 is 1. The van der Waals surface area contributed by atoms with Crippen molar-refractivity contribution in [1.82, 2.24) is 9.97 Å². The summed E-state index contributed by atoms with van der Waals surface area (Å²) in [6, 6.07) is 21.6. The number of sulfone groups is 2. The number of rotatable bonds is 7. The Hall–Kier alpha value is -3.84. The number of hydrogen-bond acceptors (Lipinski definition) is 9. The average Bonchev–Trinajstić information content (AvgIpc) is 3.20. The van der Waals surface area contributed by atoms with E-state index >= 15 is 0 Å². The number of piperidine rings is 2. The number of halogens is 4. The lowest BCUT2D eigenvalue weighted by atomic mass is 9.98. The molecule has 4 heterocycles. The summed E-state index contributed by atoms with van der Waals surface area (Å²) < 4.78 is 59.4. The van der Waals surface area contributed by atoms with Gasteiger partial charge in [0.05, 0.1) is 44.3 Å². The van der Waals surface area contributed by atoms with Crippen molar-refractivity contribution < 1.29 is 21.6 Å². The van der Waals surface area contributed by atoms with Crippen molar-refractivity contribution in [2.75, 3.05) is 43.1 Å². The van der Waals surface area contributed by atoms with Crippen molar-refractivity contribution in [3.8, 4) is 5.75 Å². The Morgan fingerprint density at radius 2 is 1.03 bits per heavy atom. The Morgan fingerprint density at radius 1 is 0.586 bits per heavy atom. The second kappa shape index (κ2) is 17.4. The Morgan fingerprint density at radius 3 is 1.47 bits per heavy atom. The molecule has 58 heavy (non-hydrogen) atoms. The highest BCUT2D eigenvalue weighted by Gasteiger charge is 2.31. The van der Waals surface area contributed by atoms with Crippen LogP contribution in [0.25, 0.3) is 21.8 Å². The molecule has 0 aliphatic carbocycles. The first-order valence-corrected chi connectivity index (χ1v) is 23.4. The molecule has 6 aromatic rings. The molecule has 2 fully saturated rings.